The minimum absolute atomic E-state index is 0. The fraction of sp³-hybridized carbons (Fsp3) is 0.0345. The fourth-order valence-electron chi connectivity index (χ4n) is 4.07. The third-order valence-electron chi connectivity index (χ3n) is 6.35. The molecule has 0 aliphatic heterocycles. The van der Waals surface area contributed by atoms with Gasteiger partial charge in [0.1, 0.15) is 38.7 Å². The van der Waals surface area contributed by atoms with E-state index >= 15 is 0 Å². The first-order valence-electron chi connectivity index (χ1n) is 13.1. The summed E-state index contributed by atoms with van der Waals surface area (Å²) in [6.45, 7) is 1.90. The Morgan fingerprint density at radius 1 is 0.735 bits per heavy atom. The molecular formula is C29H21N7Na2O9S2. The molecule has 0 amide bonds. The molecular weight excluding hydrogens is 700 g/mol. The van der Waals surface area contributed by atoms with Crippen LogP contribution in [0.1, 0.15) is 5.56 Å². The normalized spacial score (nSPS) is 11.7. The van der Waals surface area contributed by atoms with Crippen LogP contribution in [-0.2, 0) is 19.5 Å². The third-order valence-corrected chi connectivity index (χ3v) is 7.77. The smallest absolute Gasteiger partial charge is 0.744 e. The van der Waals surface area contributed by atoms with Crippen molar-refractivity contribution in [2.45, 2.75) is 16.7 Å². The number of nitrogens with zero attached hydrogens (tertiary/aromatic N) is 6. The number of fused-ring (bicyclic) bond motifs is 1. The van der Waals surface area contributed by atoms with Crippen molar-refractivity contribution in [2.24, 2.45) is 30.7 Å². The van der Waals surface area contributed by atoms with Gasteiger partial charge in [-0.3, -0.25) is 5.04 Å². The Kier molecular flexibility index (Phi) is 14.2. The van der Waals surface area contributed by atoms with Crippen molar-refractivity contribution in [3.63, 3.8) is 0 Å². The number of nitrogens with two attached hydrogens (primary N) is 1. The van der Waals surface area contributed by atoms with Crippen LogP contribution in [0.2, 0.25) is 0 Å². The summed E-state index contributed by atoms with van der Waals surface area (Å²) in [7, 11) is -5.07. The molecule has 240 valence electrons. The summed E-state index contributed by atoms with van der Waals surface area (Å²) < 4.78 is 40.5. The van der Waals surface area contributed by atoms with E-state index in [0.717, 1.165) is 29.8 Å². The summed E-state index contributed by atoms with van der Waals surface area (Å²) >= 11 is 0.325. The van der Waals surface area contributed by atoms with Gasteiger partial charge in [-0.1, -0.05) is 17.7 Å². The van der Waals surface area contributed by atoms with Crippen molar-refractivity contribution in [3.05, 3.63) is 84.4 Å². The molecule has 0 radical (unpaired) electrons. The molecule has 0 aliphatic carbocycles. The van der Waals surface area contributed by atoms with E-state index in [4.69, 9.17) is 5.73 Å². The number of aryl methyl sites for hydroxylation is 1. The van der Waals surface area contributed by atoms with Gasteiger partial charge in [-0.15, -0.1) is 20.5 Å². The number of rotatable bonds is 10. The molecule has 5 N–H and O–H groups in total. The molecule has 5 aromatic carbocycles. The number of nitrogen functional groups attached to an aromatic ring is 1. The molecule has 0 heterocycles. The first-order chi connectivity index (χ1) is 22.4. The topological polar surface area (TPSA) is 260 Å². The van der Waals surface area contributed by atoms with Crippen LogP contribution >= 0.6 is 12.0 Å². The van der Waals surface area contributed by atoms with E-state index in [0.29, 0.717) is 29.1 Å². The summed E-state index contributed by atoms with van der Waals surface area (Å²) in [6.07, 6.45) is 0. The fourth-order valence-corrected chi connectivity index (χ4v) is 5.09. The number of phenols is 3. The summed E-state index contributed by atoms with van der Waals surface area (Å²) in [4.78, 5) is -0.804. The SMILES string of the molecule is Cc1ccc(N=Nc2cc(N=Nc3cc(S(=O)(=O)[O-])cc4cc(SOO[O-])c(N=Nc5ccc(N)cc5)c(O)c34)c(O)cc2O)cc1.[Na+].[Na+]. The monoisotopic (exact) mass is 721 g/mol. The van der Waals surface area contributed by atoms with E-state index in [1.807, 2.05) is 19.1 Å². The predicted molar refractivity (Wildman–Crippen MR) is 166 cm³/mol. The van der Waals surface area contributed by atoms with Gasteiger partial charge in [-0.05, 0) is 66.9 Å². The Bertz CT molecular complexity index is 2170. The van der Waals surface area contributed by atoms with Gasteiger partial charge in [0.15, 0.2) is 5.75 Å². The van der Waals surface area contributed by atoms with E-state index in [1.165, 1.54) is 6.07 Å². The summed E-state index contributed by atoms with van der Waals surface area (Å²) in [5.74, 6) is -1.58. The molecule has 5 aromatic rings. The van der Waals surface area contributed by atoms with Crippen molar-refractivity contribution in [2.75, 3.05) is 5.73 Å². The molecule has 0 fully saturated rings. The molecule has 0 unspecified atom stereocenters. The largest absolute Gasteiger partial charge is 1.00 e. The number of phenolic OH excluding ortho intramolecular Hbond substituents is 3. The second-order valence-corrected chi connectivity index (χ2v) is 11.8. The zero-order chi connectivity index (χ0) is 33.7. The van der Waals surface area contributed by atoms with Gasteiger partial charge in [0.25, 0.3) is 0 Å². The van der Waals surface area contributed by atoms with Crippen molar-refractivity contribution < 1.29 is 102 Å². The number of aromatic hydroxyl groups is 3. The van der Waals surface area contributed by atoms with Crippen LogP contribution in [0.5, 0.6) is 17.2 Å². The second kappa shape index (κ2) is 17.4. The Hall–Kier alpha value is -3.50. The van der Waals surface area contributed by atoms with E-state index in [-0.39, 0.29) is 97.5 Å². The molecule has 0 saturated heterocycles. The molecule has 0 saturated carbocycles. The standard InChI is InChI=1S/C29H23N7O9S2.2Na/c1-15-2-6-18(7-3-15)31-33-21-13-22(25(38)14-24(21)37)34-35-23-12-20(47(41,42)43)10-16-11-26(46-45-44-40)28(29(39)27(16)23)36-32-19-8-4-17(30)5-9-19;;/h2-14,37-40H,30H2,1H3,(H,41,42,43);;/q;2*+1/p-2. The predicted octanol–water partition coefficient (Wildman–Crippen LogP) is 1.24. The maximum Gasteiger partial charge on any atom is 1.00 e. The van der Waals surface area contributed by atoms with Gasteiger partial charge in [0, 0.05) is 17.8 Å². The summed E-state index contributed by atoms with van der Waals surface area (Å²) in [5, 5.41) is 70.0. The number of hydrogen-bond donors (Lipinski definition) is 4. The Morgan fingerprint density at radius 2 is 1.29 bits per heavy atom. The van der Waals surface area contributed by atoms with Crippen molar-refractivity contribution in [1.29, 1.82) is 0 Å². The van der Waals surface area contributed by atoms with Gasteiger partial charge in [0.2, 0.25) is 0 Å². The molecule has 0 bridgehead atoms. The van der Waals surface area contributed by atoms with E-state index in [1.54, 1.807) is 36.4 Å². The van der Waals surface area contributed by atoms with Crippen LogP contribution in [0.3, 0.4) is 0 Å². The van der Waals surface area contributed by atoms with Crippen LogP contribution < -0.4 is 70.1 Å². The summed E-state index contributed by atoms with van der Waals surface area (Å²) in [5.41, 5.74) is 7.07. The maximum atomic E-state index is 12.0. The molecule has 0 atom stereocenters. The van der Waals surface area contributed by atoms with Crippen LogP contribution in [0.25, 0.3) is 10.8 Å². The van der Waals surface area contributed by atoms with Crippen LogP contribution in [-0.4, -0.2) is 28.3 Å². The molecule has 0 spiro atoms. The molecule has 5 rings (SSSR count). The molecule has 0 aliphatic rings. The molecule has 16 nitrogen and oxygen atoms in total. The maximum absolute atomic E-state index is 12.0. The minimum atomic E-state index is -5.07. The van der Waals surface area contributed by atoms with Gasteiger partial charge in [-0.25, -0.2) is 8.42 Å². The Balaban J connectivity index is 0.00000325. The number of anilines is 1. The number of benzene rings is 5. The van der Waals surface area contributed by atoms with Crippen LogP contribution in [0.4, 0.5) is 39.8 Å². The number of hydrogen-bond acceptors (Lipinski definition) is 17. The zero-order valence-electron chi connectivity index (χ0n) is 25.9. The first-order valence-corrected chi connectivity index (χ1v) is 15.2. The second-order valence-electron chi connectivity index (χ2n) is 9.64. The molecule has 0 aromatic heterocycles. The van der Waals surface area contributed by atoms with Gasteiger partial charge in [-0.2, -0.15) is 14.6 Å². The zero-order valence-corrected chi connectivity index (χ0v) is 31.5. The Morgan fingerprint density at radius 3 is 1.88 bits per heavy atom. The van der Waals surface area contributed by atoms with Gasteiger partial charge in [0.05, 0.1) is 44.3 Å². The first kappa shape index (κ1) is 39.9. The van der Waals surface area contributed by atoms with E-state index in [9.17, 15) is 33.5 Å². The third kappa shape index (κ3) is 10.0. The average Bonchev–Trinajstić information content (AvgIpc) is 3.03. The van der Waals surface area contributed by atoms with E-state index < -0.39 is 32.3 Å². The van der Waals surface area contributed by atoms with Crippen LogP contribution in [0.15, 0.2) is 119 Å². The van der Waals surface area contributed by atoms with E-state index in [2.05, 4.69) is 40.1 Å². The number of azo groups is 3. The van der Waals surface area contributed by atoms with Gasteiger partial charge >= 0.3 is 59.1 Å². The Labute approximate surface area is 326 Å². The van der Waals surface area contributed by atoms with Crippen molar-refractivity contribution >= 4 is 72.7 Å². The van der Waals surface area contributed by atoms with Crippen molar-refractivity contribution in [1.82, 2.24) is 0 Å². The molecule has 20 heteroatoms. The quantitative estimate of drug-likeness (QED) is 0.0303. The molecule has 49 heavy (non-hydrogen) atoms. The van der Waals surface area contributed by atoms with Gasteiger partial charge < -0.3 is 30.9 Å². The van der Waals surface area contributed by atoms with Crippen molar-refractivity contribution in [3.8, 4) is 17.2 Å². The summed E-state index contributed by atoms with van der Waals surface area (Å²) in [6, 6.07) is 18.4. The minimum Gasteiger partial charge on any atom is -0.744 e. The van der Waals surface area contributed by atoms with Crippen LogP contribution in [0, 0.1) is 6.92 Å². The average molecular weight is 722 g/mol.